The van der Waals surface area contributed by atoms with E-state index in [4.69, 9.17) is 4.74 Å². The first-order valence-corrected chi connectivity index (χ1v) is 6.99. The number of aromatic amines is 1. The molecule has 3 heterocycles. The molecule has 0 radical (unpaired) electrons. The van der Waals surface area contributed by atoms with Gasteiger partial charge in [-0.2, -0.15) is 5.10 Å². The second-order valence-electron chi connectivity index (χ2n) is 4.93. The Hall–Kier alpha value is -3.49. The number of nitrogens with one attached hydrogen (secondary N) is 2. The number of anilines is 1. The predicted octanol–water partition coefficient (Wildman–Crippen LogP) is 1.34. The largest absolute Gasteiger partial charge is 0.464 e. The number of nitrogens with zero attached hydrogens (tertiary/aromatic N) is 4. The molecule has 0 unspecified atom stereocenters. The van der Waals surface area contributed by atoms with E-state index in [1.54, 1.807) is 25.1 Å². The molecule has 9 nitrogen and oxygen atoms in total. The van der Waals surface area contributed by atoms with Crippen molar-refractivity contribution in [1.29, 1.82) is 0 Å². The Morgan fingerprint density at radius 1 is 1.33 bits per heavy atom. The van der Waals surface area contributed by atoms with Crippen LogP contribution in [0, 0.1) is 6.92 Å². The van der Waals surface area contributed by atoms with Gasteiger partial charge in [-0.25, -0.2) is 19.4 Å². The number of pyridine rings is 1. The van der Waals surface area contributed by atoms with Crippen LogP contribution in [0.15, 0.2) is 37.1 Å². The number of hydrogen-bond donors (Lipinski definition) is 2. The van der Waals surface area contributed by atoms with E-state index < -0.39 is 5.97 Å². The van der Waals surface area contributed by atoms with Gasteiger partial charge < -0.3 is 15.0 Å². The third-order valence-corrected chi connectivity index (χ3v) is 3.25. The molecule has 0 aliphatic rings. The molecule has 3 rings (SSSR count). The number of carbonyl (C=O) groups is 2. The molecule has 2 N–H and O–H groups in total. The van der Waals surface area contributed by atoms with Crippen LogP contribution in [0.5, 0.6) is 0 Å². The summed E-state index contributed by atoms with van der Waals surface area (Å²) in [7, 11) is 1.28. The average molecular weight is 326 g/mol. The summed E-state index contributed by atoms with van der Waals surface area (Å²) in [5, 5.41) is 6.66. The van der Waals surface area contributed by atoms with Crippen molar-refractivity contribution in [3.05, 3.63) is 54.0 Å². The van der Waals surface area contributed by atoms with Crippen molar-refractivity contribution >= 4 is 17.6 Å². The summed E-state index contributed by atoms with van der Waals surface area (Å²) in [4.78, 5) is 35.0. The van der Waals surface area contributed by atoms with Crippen LogP contribution in [0.4, 0.5) is 5.69 Å². The van der Waals surface area contributed by atoms with Gasteiger partial charge in [-0.3, -0.25) is 4.79 Å². The molecule has 122 valence electrons. The van der Waals surface area contributed by atoms with Crippen LogP contribution in [0.3, 0.4) is 0 Å². The SMILES string of the molecule is COC(=O)c1[nH]c(C)cc1NC(=O)c1ccnc(-n2cncn2)c1. The van der Waals surface area contributed by atoms with E-state index in [0.717, 1.165) is 5.69 Å². The van der Waals surface area contributed by atoms with E-state index >= 15 is 0 Å². The summed E-state index contributed by atoms with van der Waals surface area (Å²) in [5.74, 6) is -0.488. The maximum Gasteiger partial charge on any atom is 0.356 e. The lowest BCUT2D eigenvalue weighted by molar-refractivity contribution is 0.0596. The molecule has 0 saturated heterocycles. The van der Waals surface area contributed by atoms with E-state index in [9.17, 15) is 9.59 Å². The first-order chi connectivity index (χ1) is 11.6. The molecule has 3 aromatic heterocycles. The molecule has 24 heavy (non-hydrogen) atoms. The number of aromatic nitrogens is 5. The normalized spacial score (nSPS) is 10.4. The summed E-state index contributed by atoms with van der Waals surface area (Å²) < 4.78 is 6.14. The van der Waals surface area contributed by atoms with Gasteiger partial charge in [0.05, 0.1) is 12.8 Å². The smallest absolute Gasteiger partial charge is 0.356 e. The van der Waals surface area contributed by atoms with Gasteiger partial charge >= 0.3 is 5.97 Å². The highest BCUT2D eigenvalue weighted by Crippen LogP contribution is 2.19. The van der Waals surface area contributed by atoms with Crippen molar-refractivity contribution in [1.82, 2.24) is 24.7 Å². The molecule has 0 fully saturated rings. The van der Waals surface area contributed by atoms with Crippen molar-refractivity contribution in [3.63, 3.8) is 0 Å². The molecular weight excluding hydrogens is 312 g/mol. The topological polar surface area (TPSA) is 115 Å². The number of ether oxygens (including phenoxy) is 1. The summed E-state index contributed by atoms with van der Waals surface area (Å²) >= 11 is 0. The number of carbonyl (C=O) groups excluding carboxylic acids is 2. The van der Waals surface area contributed by atoms with Gasteiger partial charge in [-0.15, -0.1) is 0 Å². The summed E-state index contributed by atoms with van der Waals surface area (Å²) in [6, 6.07) is 4.79. The van der Waals surface area contributed by atoms with Crippen LogP contribution in [0.1, 0.15) is 26.5 Å². The van der Waals surface area contributed by atoms with Crippen molar-refractivity contribution in [3.8, 4) is 5.82 Å². The lowest BCUT2D eigenvalue weighted by Crippen LogP contribution is -2.15. The first kappa shape index (κ1) is 15.4. The zero-order valence-electron chi connectivity index (χ0n) is 13.0. The number of aryl methyl sites for hydroxylation is 1. The molecule has 0 atom stereocenters. The standard InChI is InChI=1S/C15H14N6O3/c1-9-5-11(13(19-9)15(23)24-2)20-14(22)10-3-4-17-12(6-10)21-8-16-7-18-21/h3-8,19H,1-2H3,(H,20,22). The number of amides is 1. The fraction of sp³-hybridized carbons (Fsp3) is 0.133. The minimum absolute atomic E-state index is 0.189. The molecule has 1 amide bonds. The molecular formula is C15H14N6O3. The van der Waals surface area contributed by atoms with Crippen molar-refractivity contribution in [2.24, 2.45) is 0 Å². The Morgan fingerprint density at radius 3 is 2.88 bits per heavy atom. The lowest BCUT2D eigenvalue weighted by atomic mass is 10.2. The highest BCUT2D eigenvalue weighted by atomic mass is 16.5. The van der Waals surface area contributed by atoms with Gasteiger partial charge in [-0.1, -0.05) is 0 Å². The zero-order chi connectivity index (χ0) is 17.1. The summed E-state index contributed by atoms with van der Waals surface area (Å²) in [5.41, 5.74) is 1.63. The summed E-state index contributed by atoms with van der Waals surface area (Å²) in [6.07, 6.45) is 4.35. The van der Waals surface area contributed by atoms with Crippen LogP contribution < -0.4 is 5.32 Å². The minimum Gasteiger partial charge on any atom is -0.464 e. The van der Waals surface area contributed by atoms with E-state index in [2.05, 4.69) is 25.4 Å². The van der Waals surface area contributed by atoms with E-state index in [-0.39, 0.29) is 11.6 Å². The van der Waals surface area contributed by atoms with Gasteiger partial charge in [0.25, 0.3) is 5.91 Å². The third kappa shape index (κ3) is 3.00. The number of hydrogen-bond acceptors (Lipinski definition) is 6. The maximum absolute atomic E-state index is 12.5. The molecule has 0 bridgehead atoms. The average Bonchev–Trinajstić information content (AvgIpc) is 3.24. The second-order valence-corrected chi connectivity index (χ2v) is 4.93. The van der Waals surface area contributed by atoms with Crippen LogP contribution in [-0.4, -0.2) is 43.7 Å². The number of rotatable bonds is 4. The van der Waals surface area contributed by atoms with Gasteiger partial charge in [0.15, 0.2) is 5.82 Å². The fourth-order valence-electron chi connectivity index (χ4n) is 2.16. The van der Waals surface area contributed by atoms with Crippen molar-refractivity contribution < 1.29 is 14.3 Å². The number of esters is 1. The van der Waals surface area contributed by atoms with Gasteiger partial charge in [-0.05, 0) is 25.1 Å². The van der Waals surface area contributed by atoms with Crippen LogP contribution >= 0.6 is 0 Å². The van der Waals surface area contributed by atoms with Gasteiger partial charge in [0.2, 0.25) is 0 Å². The quantitative estimate of drug-likeness (QED) is 0.699. The van der Waals surface area contributed by atoms with Gasteiger partial charge in [0.1, 0.15) is 18.3 Å². The Bertz CT molecular complexity index is 885. The first-order valence-electron chi connectivity index (χ1n) is 6.99. The molecule has 0 aliphatic heterocycles. The monoisotopic (exact) mass is 326 g/mol. The zero-order valence-corrected chi connectivity index (χ0v) is 13.0. The molecule has 0 aromatic carbocycles. The van der Waals surface area contributed by atoms with Crippen molar-refractivity contribution in [2.75, 3.05) is 12.4 Å². The minimum atomic E-state index is -0.559. The van der Waals surface area contributed by atoms with E-state index in [0.29, 0.717) is 17.1 Å². The Labute approximate surface area is 136 Å². The molecule has 3 aromatic rings. The predicted molar refractivity (Wildman–Crippen MR) is 84.0 cm³/mol. The molecule has 0 aliphatic carbocycles. The molecule has 0 spiro atoms. The highest BCUT2D eigenvalue weighted by molar-refractivity contribution is 6.07. The van der Waals surface area contributed by atoms with Crippen molar-refractivity contribution in [2.45, 2.75) is 6.92 Å². The van der Waals surface area contributed by atoms with Crippen LogP contribution in [-0.2, 0) is 4.74 Å². The Morgan fingerprint density at radius 2 is 2.17 bits per heavy atom. The van der Waals surface area contributed by atoms with Crippen LogP contribution in [0.2, 0.25) is 0 Å². The lowest BCUT2D eigenvalue weighted by Gasteiger charge is -2.07. The number of H-pyrrole nitrogens is 1. The Balaban J connectivity index is 1.86. The fourth-order valence-corrected chi connectivity index (χ4v) is 2.16. The van der Waals surface area contributed by atoms with Crippen LogP contribution in [0.25, 0.3) is 5.82 Å². The number of methoxy groups -OCH3 is 1. The molecule has 0 saturated carbocycles. The third-order valence-electron chi connectivity index (χ3n) is 3.25. The summed E-state index contributed by atoms with van der Waals surface area (Å²) in [6.45, 7) is 1.78. The second kappa shape index (κ2) is 6.32. The highest BCUT2D eigenvalue weighted by Gasteiger charge is 2.18. The van der Waals surface area contributed by atoms with E-state index in [1.807, 2.05) is 0 Å². The molecule has 9 heteroatoms. The van der Waals surface area contributed by atoms with Gasteiger partial charge in [0, 0.05) is 17.5 Å². The Kier molecular flexibility index (Phi) is 4.06. The maximum atomic E-state index is 12.5. The van der Waals surface area contributed by atoms with E-state index in [1.165, 1.54) is 30.6 Å².